The summed E-state index contributed by atoms with van der Waals surface area (Å²) in [6.07, 6.45) is 0. The van der Waals surface area contributed by atoms with Gasteiger partial charge in [-0.2, -0.15) is 0 Å². The minimum absolute atomic E-state index is 0.138. The molecule has 1 saturated heterocycles. The van der Waals surface area contributed by atoms with Crippen LogP contribution >= 0.6 is 11.3 Å². The molecular weight excluding hydrogens is 462 g/mol. The van der Waals surface area contributed by atoms with Crippen LogP contribution in [-0.2, 0) is 17.9 Å². The summed E-state index contributed by atoms with van der Waals surface area (Å²) in [6.45, 7) is 4.10. The number of hydrogen-bond acceptors (Lipinski definition) is 7. The van der Waals surface area contributed by atoms with Gasteiger partial charge in [-0.05, 0) is 42.0 Å². The molecule has 4 rings (SSSR count). The van der Waals surface area contributed by atoms with Gasteiger partial charge >= 0.3 is 0 Å². The largest absolute Gasteiger partial charge is 0.346 e. The first-order chi connectivity index (χ1) is 16.4. The van der Waals surface area contributed by atoms with Crippen LogP contribution < -0.4 is 10.6 Å². The molecule has 0 aliphatic carbocycles. The fraction of sp³-hybridized carbons (Fsp3) is 0.304. The Morgan fingerprint density at radius 2 is 1.50 bits per heavy atom. The van der Waals surface area contributed by atoms with Crippen LogP contribution in [-0.4, -0.2) is 64.5 Å². The van der Waals surface area contributed by atoms with Crippen molar-refractivity contribution >= 4 is 28.8 Å². The Balaban J connectivity index is 1.18. The predicted molar refractivity (Wildman–Crippen MR) is 124 cm³/mol. The molecule has 1 aliphatic rings. The molecule has 178 valence electrons. The second-order valence-corrected chi connectivity index (χ2v) is 8.98. The fourth-order valence-corrected chi connectivity index (χ4v) is 4.30. The number of halogens is 2. The molecule has 0 radical (unpaired) electrons. The highest BCUT2D eigenvalue weighted by Crippen LogP contribution is 2.15. The van der Waals surface area contributed by atoms with E-state index in [-0.39, 0.29) is 41.5 Å². The molecule has 0 spiro atoms. The van der Waals surface area contributed by atoms with E-state index in [9.17, 15) is 18.4 Å². The Morgan fingerprint density at radius 1 is 0.882 bits per heavy atom. The van der Waals surface area contributed by atoms with Gasteiger partial charge in [-0.25, -0.2) is 8.78 Å². The molecule has 2 heterocycles. The average molecular weight is 487 g/mol. The summed E-state index contributed by atoms with van der Waals surface area (Å²) in [5, 5.41) is 14.7. The van der Waals surface area contributed by atoms with Gasteiger partial charge in [0, 0.05) is 38.4 Å². The second-order valence-electron chi connectivity index (χ2n) is 7.92. The monoisotopic (exact) mass is 486 g/mol. The molecule has 2 N–H and O–H groups in total. The Bertz CT molecular complexity index is 1120. The maximum absolute atomic E-state index is 13.0. The molecule has 2 aromatic carbocycles. The second kappa shape index (κ2) is 11.2. The summed E-state index contributed by atoms with van der Waals surface area (Å²) >= 11 is 1.25. The molecule has 8 nitrogen and oxygen atoms in total. The summed E-state index contributed by atoms with van der Waals surface area (Å²) in [4.78, 5) is 28.8. The average Bonchev–Trinajstić information content (AvgIpc) is 3.30. The lowest BCUT2D eigenvalue weighted by Gasteiger charge is -2.33. The quantitative estimate of drug-likeness (QED) is 0.509. The van der Waals surface area contributed by atoms with Crippen LogP contribution in [0.25, 0.3) is 0 Å². The smallest absolute Gasteiger partial charge is 0.282 e. The van der Waals surface area contributed by atoms with Crippen LogP contribution in [0.4, 0.5) is 14.5 Å². The van der Waals surface area contributed by atoms with E-state index in [4.69, 9.17) is 0 Å². The van der Waals surface area contributed by atoms with Gasteiger partial charge in [0.2, 0.25) is 10.9 Å². The third-order valence-electron chi connectivity index (χ3n) is 5.35. The van der Waals surface area contributed by atoms with Crippen LogP contribution in [0.1, 0.15) is 20.4 Å². The molecule has 34 heavy (non-hydrogen) atoms. The van der Waals surface area contributed by atoms with E-state index in [0.717, 1.165) is 36.8 Å². The SMILES string of the molecule is O=C(CN1CCN(Cc2nnc(C(=O)NCc3ccc(F)cc3)s2)CC1)Nc1ccc(F)cc1. The lowest BCUT2D eigenvalue weighted by molar-refractivity contribution is -0.117. The van der Waals surface area contributed by atoms with Crippen LogP contribution in [0.5, 0.6) is 0 Å². The van der Waals surface area contributed by atoms with E-state index in [1.165, 1.54) is 47.7 Å². The van der Waals surface area contributed by atoms with Gasteiger partial charge in [0.15, 0.2) is 0 Å². The van der Waals surface area contributed by atoms with Crippen LogP contribution in [0.15, 0.2) is 48.5 Å². The Kier molecular flexibility index (Phi) is 7.88. The topological polar surface area (TPSA) is 90.5 Å². The summed E-state index contributed by atoms with van der Waals surface area (Å²) in [5.41, 5.74) is 1.36. The molecular formula is C23H24F2N6O2S. The number of carbonyl (C=O) groups excluding carboxylic acids is 2. The van der Waals surface area contributed by atoms with Crippen molar-refractivity contribution in [2.75, 3.05) is 38.0 Å². The molecule has 11 heteroatoms. The highest BCUT2D eigenvalue weighted by molar-refractivity contribution is 7.13. The molecule has 0 atom stereocenters. The zero-order valence-electron chi connectivity index (χ0n) is 18.3. The maximum atomic E-state index is 13.0. The van der Waals surface area contributed by atoms with E-state index in [2.05, 4.69) is 30.6 Å². The van der Waals surface area contributed by atoms with E-state index in [1.54, 1.807) is 12.1 Å². The third kappa shape index (κ3) is 6.86. The number of nitrogens with zero attached hydrogens (tertiary/aromatic N) is 4. The summed E-state index contributed by atoms with van der Waals surface area (Å²) in [5.74, 6) is -1.12. The van der Waals surface area contributed by atoms with E-state index in [1.807, 2.05) is 0 Å². The molecule has 3 aromatic rings. The Hall–Kier alpha value is -3.28. The van der Waals surface area contributed by atoms with E-state index in [0.29, 0.717) is 12.2 Å². The molecule has 1 aliphatic heterocycles. The van der Waals surface area contributed by atoms with Gasteiger partial charge in [-0.3, -0.25) is 19.4 Å². The number of rotatable bonds is 8. The van der Waals surface area contributed by atoms with Gasteiger partial charge in [0.05, 0.1) is 13.1 Å². The molecule has 0 unspecified atom stereocenters. The molecule has 1 aromatic heterocycles. The van der Waals surface area contributed by atoms with Crippen LogP contribution in [0.3, 0.4) is 0 Å². The van der Waals surface area contributed by atoms with Gasteiger partial charge in [-0.1, -0.05) is 23.5 Å². The number of aromatic nitrogens is 2. The summed E-state index contributed by atoms with van der Waals surface area (Å²) < 4.78 is 26.0. The van der Waals surface area contributed by atoms with Gasteiger partial charge in [0.1, 0.15) is 16.6 Å². The summed E-state index contributed by atoms with van der Waals surface area (Å²) in [7, 11) is 0. The lowest BCUT2D eigenvalue weighted by atomic mass is 10.2. The first-order valence-corrected chi connectivity index (χ1v) is 11.6. The van der Waals surface area contributed by atoms with Gasteiger partial charge in [0.25, 0.3) is 5.91 Å². The predicted octanol–water partition coefficient (Wildman–Crippen LogP) is 2.50. The number of amides is 2. The minimum atomic E-state index is -0.345. The number of piperazine rings is 1. The fourth-order valence-electron chi connectivity index (χ4n) is 3.50. The van der Waals surface area contributed by atoms with Gasteiger partial charge in [-0.15, -0.1) is 10.2 Å². The van der Waals surface area contributed by atoms with Crippen molar-refractivity contribution in [1.82, 2.24) is 25.3 Å². The van der Waals surface area contributed by atoms with Crippen molar-refractivity contribution in [3.05, 3.63) is 75.7 Å². The number of hydrogen-bond donors (Lipinski definition) is 2. The van der Waals surface area contributed by atoms with Crippen molar-refractivity contribution in [3.63, 3.8) is 0 Å². The maximum Gasteiger partial charge on any atom is 0.282 e. The Morgan fingerprint density at radius 3 is 2.18 bits per heavy atom. The molecule has 0 bridgehead atoms. The highest BCUT2D eigenvalue weighted by Gasteiger charge is 2.21. The molecule has 1 fully saturated rings. The first-order valence-electron chi connectivity index (χ1n) is 10.8. The highest BCUT2D eigenvalue weighted by atomic mass is 32.1. The standard InChI is InChI=1S/C23H24F2N6O2S/c24-17-3-1-16(2-4-17)13-26-22(33)23-29-28-21(34-23)15-31-11-9-30(10-12-31)14-20(32)27-19-7-5-18(25)6-8-19/h1-8H,9-15H2,(H,26,33)(H,27,32). The Labute approximate surface area is 199 Å². The first kappa shape index (κ1) is 23.9. The normalized spacial score (nSPS) is 14.6. The number of benzene rings is 2. The van der Waals surface area contributed by atoms with Crippen molar-refractivity contribution in [3.8, 4) is 0 Å². The van der Waals surface area contributed by atoms with Crippen molar-refractivity contribution in [1.29, 1.82) is 0 Å². The van der Waals surface area contributed by atoms with Crippen molar-refractivity contribution in [2.45, 2.75) is 13.1 Å². The number of nitrogens with one attached hydrogen (secondary N) is 2. The van der Waals surface area contributed by atoms with Crippen molar-refractivity contribution in [2.24, 2.45) is 0 Å². The van der Waals surface area contributed by atoms with Crippen LogP contribution in [0.2, 0.25) is 0 Å². The number of anilines is 1. The van der Waals surface area contributed by atoms with Crippen LogP contribution in [0, 0.1) is 11.6 Å². The van der Waals surface area contributed by atoms with Crippen molar-refractivity contribution < 1.29 is 18.4 Å². The zero-order valence-corrected chi connectivity index (χ0v) is 19.2. The third-order valence-corrected chi connectivity index (χ3v) is 6.25. The van der Waals surface area contributed by atoms with E-state index < -0.39 is 0 Å². The molecule has 0 saturated carbocycles. The lowest BCUT2D eigenvalue weighted by Crippen LogP contribution is -2.48. The molecule has 2 amide bonds. The summed E-state index contributed by atoms with van der Waals surface area (Å²) in [6, 6.07) is 11.6. The number of carbonyl (C=O) groups is 2. The van der Waals surface area contributed by atoms with E-state index >= 15 is 0 Å². The minimum Gasteiger partial charge on any atom is -0.346 e. The zero-order chi connectivity index (χ0) is 23.9. The van der Waals surface area contributed by atoms with Gasteiger partial charge < -0.3 is 10.6 Å².